The molecule has 9 nitrogen and oxygen atoms in total. The quantitative estimate of drug-likeness (QED) is 0.524. The highest BCUT2D eigenvalue weighted by atomic mass is 35.5. The molecule has 3 amide bonds. The molecule has 0 unspecified atom stereocenters. The number of primary amides is 1. The molecule has 168 valence electrons. The van der Waals surface area contributed by atoms with Crippen LogP contribution in [0.25, 0.3) is 0 Å². The number of halogens is 1. The maximum absolute atomic E-state index is 12.7. The third-order valence-corrected chi connectivity index (χ3v) is 8.44. The SMILES string of the molecule is NC(=O)N[C@H](CC(=O)NCc1ccc(S(=O)(=O)N2CCOCC2)s1)c1ccccc1Cl. The van der Waals surface area contributed by atoms with Gasteiger partial charge in [0.2, 0.25) is 5.91 Å². The molecule has 0 radical (unpaired) electrons. The zero-order valence-electron chi connectivity index (χ0n) is 16.5. The van der Waals surface area contributed by atoms with Gasteiger partial charge in [-0.25, -0.2) is 13.2 Å². The Morgan fingerprint density at radius 2 is 1.90 bits per heavy atom. The van der Waals surface area contributed by atoms with Crippen LogP contribution in [-0.2, 0) is 26.1 Å². The van der Waals surface area contributed by atoms with Crippen LogP contribution in [0.3, 0.4) is 0 Å². The predicted molar refractivity (Wildman–Crippen MR) is 117 cm³/mol. The van der Waals surface area contributed by atoms with E-state index in [1.165, 1.54) is 10.4 Å². The van der Waals surface area contributed by atoms with Crippen molar-refractivity contribution in [2.24, 2.45) is 5.73 Å². The van der Waals surface area contributed by atoms with E-state index in [9.17, 15) is 18.0 Å². The normalized spacial score (nSPS) is 15.9. The van der Waals surface area contributed by atoms with E-state index in [1.807, 2.05) is 0 Å². The lowest BCUT2D eigenvalue weighted by Gasteiger charge is -2.25. The molecule has 0 saturated carbocycles. The van der Waals surface area contributed by atoms with Crippen molar-refractivity contribution in [3.8, 4) is 0 Å². The second-order valence-electron chi connectivity index (χ2n) is 6.80. The van der Waals surface area contributed by atoms with Crippen molar-refractivity contribution in [1.82, 2.24) is 14.9 Å². The van der Waals surface area contributed by atoms with Crippen LogP contribution in [-0.4, -0.2) is 51.0 Å². The summed E-state index contributed by atoms with van der Waals surface area (Å²) in [4.78, 5) is 24.5. The topological polar surface area (TPSA) is 131 Å². The smallest absolute Gasteiger partial charge is 0.312 e. The molecule has 1 aromatic heterocycles. The molecule has 2 aromatic rings. The number of urea groups is 1. The minimum absolute atomic E-state index is 0.0724. The number of nitrogens with two attached hydrogens (primary N) is 1. The number of hydrogen-bond acceptors (Lipinski definition) is 6. The summed E-state index contributed by atoms with van der Waals surface area (Å²) >= 11 is 7.29. The van der Waals surface area contributed by atoms with Gasteiger partial charge in [0.25, 0.3) is 10.0 Å². The van der Waals surface area contributed by atoms with Crippen LogP contribution < -0.4 is 16.4 Å². The molecule has 2 heterocycles. The van der Waals surface area contributed by atoms with Crippen LogP contribution >= 0.6 is 22.9 Å². The van der Waals surface area contributed by atoms with Crippen LogP contribution in [0.2, 0.25) is 5.02 Å². The number of nitrogens with one attached hydrogen (secondary N) is 2. The molecule has 0 bridgehead atoms. The van der Waals surface area contributed by atoms with Crippen molar-refractivity contribution in [1.29, 1.82) is 0 Å². The second kappa shape index (κ2) is 10.4. The van der Waals surface area contributed by atoms with E-state index in [-0.39, 0.29) is 23.1 Å². The molecule has 1 atom stereocenters. The van der Waals surface area contributed by atoms with Gasteiger partial charge in [0, 0.05) is 23.0 Å². The van der Waals surface area contributed by atoms with Gasteiger partial charge in [-0.1, -0.05) is 29.8 Å². The summed E-state index contributed by atoms with van der Waals surface area (Å²) in [5.74, 6) is -0.343. The fourth-order valence-corrected chi connectivity index (χ4v) is 6.24. The highest BCUT2D eigenvalue weighted by molar-refractivity contribution is 7.91. The number of carbonyl (C=O) groups excluding carboxylic acids is 2. The number of sulfonamides is 1. The summed E-state index contributed by atoms with van der Waals surface area (Å²) in [6.07, 6.45) is -0.0724. The Bertz CT molecular complexity index is 1040. The van der Waals surface area contributed by atoms with Crippen molar-refractivity contribution in [2.75, 3.05) is 26.3 Å². The first-order chi connectivity index (χ1) is 14.8. The predicted octanol–water partition coefficient (Wildman–Crippen LogP) is 1.84. The Kier molecular flexibility index (Phi) is 7.89. The van der Waals surface area contributed by atoms with E-state index in [0.717, 1.165) is 11.3 Å². The number of amides is 3. The highest BCUT2D eigenvalue weighted by Gasteiger charge is 2.28. The first kappa shape index (κ1) is 23.5. The summed E-state index contributed by atoms with van der Waals surface area (Å²) in [6, 6.07) is 8.61. The third kappa shape index (κ3) is 6.17. The van der Waals surface area contributed by atoms with E-state index >= 15 is 0 Å². The van der Waals surface area contributed by atoms with Gasteiger partial charge in [0.1, 0.15) is 4.21 Å². The second-order valence-corrected chi connectivity index (χ2v) is 10.5. The zero-order valence-corrected chi connectivity index (χ0v) is 18.9. The van der Waals surface area contributed by atoms with Gasteiger partial charge >= 0.3 is 6.03 Å². The average Bonchev–Trinajstić information content (AvgIpc) is 3.22. The lowest BCUT2D eigenvalue weighted by Crippen LogP contribution is -2.40. The van der Waals surface area contributed by atoms with Crippen molar-refractivity contribution >= 4 is 44.9 Å². The largest absolute Gasteiger partial charge is 0.379 e. The first-order valence-corrected chi connectivity index (χ1v) is 12.1. The Labute approximate surface area is 189 Å². The van der Waals surface area contributed by atoms with Crippen LogP contribution in [0.1, 0.15) is 22.9 Å². The Morgan fingerprint density at radius 1 is 1.19 bits per heavy atom. The molecular formula is C19H23ClN4O5S2. The Hall–Kier alpha value is -2.18. The fourth-order valence-electron chi connectivity index (χ4n) is 3.12. The Morgan fingerprint density at radius 3 is 2.58 bits per heavy atom. The van der Waals surface area contributed by atoms with Crippen molar-refractivity contribution in [3.05, 3.63) is 51.9 Å². The maximum atomic E-state index is 12.7. The molecule has 31 heavy (non-hydrogen) atoms. The minimum atomic E-state index is -3.57. The number of thiophene rings is 1. The molecule has 1 aliphatic rings. The molecular weight excluding hydrogens is 464 g/mol. The van der Waals surface area contributed by atoms with Crippen molar-refractivity contribution in [3.63, 3.8) is 0 Å². The monoisotopic (exact) mass is 486 g/mol. The lowest BCUT2D eigenvalue weighted by molar-refractivity contribution is -0.121. The number of benzene rings is 1. The highest BCUT2D eigenvalue weighted by Crippen LogP contribution is 2.27. The summed E-state index contributed by atoms with van der Waals surface area (Å²) in [6.45, 7) is 1.55. The van der Waals surface area contributed by atoms with Gasteiger partial charge in [-0.2, -0.15) is 4.31 Å². The number of ether oxygens (including phenoxy) is 1. The van der Waals surface area contributed by atoms with E-state index in [2.05, 4.69) is 10.6 Å². The number of nitrogens with zero attached hydrogens (tertiary/aromatic N) is 1. The van der Waals surface area contributed by atoms with Crippen LogP contribution in [0.4, 0.5) is 4.79 Å². The molecule has 1 aromatic carbocycles. The number of rotatable bonds is 8. The molecule has 1 fully saturated rings. The first-order valence-electron chi connectivity index (χ1n) is 9.51. The van der Waals surface area contributed by atoms with Crippen molar-refractivity contribution in [2.45, 2.75) is 23.2 Å². The summed E-state index contributed by atoms with van der Waals surface area (Å²) in [5, 5.41) is 5.68. The van der Waals surface area contributed by atoms with Gasteiger partial charge < -0.3 is 21.1 Å². The van der Waals surface area contributed by atoms with Gasteiger partial charge in [-0.05, 0) is 23.8 Å². The number of hydrogen-bond donors (Lipinski definition) is 3. The maximum Gasteiger partial charge on any atom is 0.312 e. The minimum Gasteiger partial charge on any atom is -0.379 e. The molecule has 12 heteroatoms. The number of morpholine rings is 1. The standard InChI is InChI=1S/C19H23ClN4O5S2/c20-15-4-2-1-3-14(15)16(23-19(21)26)11-17(25)22-12-13-5-6-18(30-13)31(27,28)24-7-9-29-10-8-24/h1-6,16H,7-12H2,(H,22,25)(H3,21,23,26)/t16-/m1/s1. The summed E-state index contributed by atoms with van der Waals surface area (Å²) < 4.78 is 32.2. The fraction of sp³-hybridized carbons (Fsp3) is 0.368. The molecule has 1 saturated heterocycles. The van der Waals surface area contributed by atoms with Crippen LogP contribution in [0, 0.1) is 0 Å². The molecule has 1 aliphatic heterocycles. The van der Waals surface area contributed by atoms with Crippen LogP contribution in [0.15, 0.2) is 40.6 Å². The van der Waals surface area contributed by atoms with Gasteiger partial charge in [-0.3, -0.25) is 4.79 Å². The molecule has 4 N–H and O–H groups in total. The third-order valence-electron chi connectivity index (χ3n) is 4.65. The van der Waals surface area contributed by atoms with E-state index < -0.39 is 22.1 Å². The van der Waals surface area contributed by atoms with Gasteiger partial charge in [0.15, 0.2) is 0 Å². The van der Waals surface area contributed by atoms with E-state index in [0.29, 0.717) is 41.8 Å². The van der Waals surface area contributed by atoms with E-state index in [4.69, 9.17) is 22.1 Å². The van der Waals surface area contributed by atoms with Crippen molar-refractivity contribution < 1.29 is 22.7 Å². The average molecular weight is 487 g/mol. The summed E-state index contributed by atoms with van der Waals surface area (Å²) in [7, 11) is -3.57. The Balaban J connectivity index is 1.61. The van der Waals surface area contributed by atoms with Gasteiger partial charge in [-0.15, -0.1) is 11.3 Å². The lowest BCUT2D eigenvalue weighted by atomic mass is 10.0. The van der Waals surface area contributed by atoms with Crippen LogP contribution in [0.5, 0.6) is 0 Å². The zero-order chi connectivity index (χ0) is 22.4. The molecule has 0 aliphatic carbocycles. The number of carbonyl (C=O) groups is 2. The molecule has 3 rings (SSSR count). The van der Waals surface area contributed by atoms with E-state index in [1.54, 1.807) is 30.3 Å². The molecule has 0 spiro atoms. The summed E-state index contributed by atoms with van der Waals surface area (Å²) in [5.41, 5.74) is 5.81. The van der Waals surface area contributed by atoms with Gasteiger partial charge in [0.05, 0.1) is 32.2 Å².